The van der Waals surface area contributed by atoms with Crippen LogP contribution in [0, 0.1) is 0 Å². The SMILES string of the molecule is O=C(COCc1ccccc1)N1CCN(CCc2ccccc2)CC1. The molecule has 4 heteroatoms. The van der Waals surface area contributed by atoms with Crippen molar-refractivity contribution in [2.45, 2.75) is 13.0 Å². The fourth-order valence-electron chi connectivity index (χ4n) is 3.07. The number of nitrogens with zero attached hydrogens (tertiary/aromatic N) is 2. The van der Waals surface area contributed by atoms with Crippen molar-refractivity contribution in [3.05, 3.63) is 71.8 Å². The van der Waals surface area contributed by atoms with E-state index in [1.807, 2.05) is 41.3 Å². The van der Waals surface area contributed by atoms with Crippen LogP contribution >= 0.6 is 0 Å². The van der Waals surface area contributed by atoms with Crippen LogP contribution in [0.1, 0.15) is 11.1 Å². The number of piperazine rings is 1. The minimum absolute atomic E-state index is 0.0960. The van der Waals surface area contributed by atoms with Crippen LogP contribution in [0.2, 0.25) is 0 Å². The number of benzene rings is 2. The van der Waals surface area contributed by atoms with Crippen LogP contribution in [0.25, 0.3) is 0 Å². The summed E-state index contributed by atoms with van der Waals surface area (Å²) in [6.45, 7) is 5.18. The zero-order valence-corrected chi connectivity index (χ0v) is 14.6. The fraction of sp³-hybridized carbons (Fsp3) is 0.381. The maximum Gasteiger partial charge on any atom is 0.248 e. The third kappa shape index (κ3) is 5.69. The molecule has 0 radical (unpaired) electrons. The number of carbonyl (C=O) groups excluding carboxylic acids is 1. The van der Waals surface area contributed by atoms with Gasteiger partial charge in [0, 0.05) is 32.7 Å². The van der Waals surface area contributed by atoms with Gasteiger partial charge in [-0.05, 0) is 17.5 Å². The monoisotopic (exact) mass is 338 g/mol. The lowest BCUT2D eigenvalue weighted by molar-refractivity contribution is -0.138. The summed E-state index contributed by atoms with van der Waals surface area (Å²) < 4.78 is 5.56. The van der Waals surface area contributed by atoms with E-state index in [9.17, 15) is 4.79 Å². The van der Waals surface area contributed by atoms with Crippen molar-refractivity contribution in [2.24, 2.45) is 0 Å². The molecule has 1 aliphatic heterocycles. The fourth-order valence-corrected chi connectivity index (χ4v) is 3.07. The van der Waals surface area contributed by atoms with Crippen molar-refractivity contribution in [3.8, 4) is 0 Å². The second-order valence-corrected chi connectivity index (χ2v) is 6.44. The molecule has 0 aliphatic carbocycles. The van der Waals surface area contributed by atoms with Gasteiger partial charge in [0.1, 0.15) is 6.61 Å². The predicted octanol–water partition coefficient (Wildman–Crippen LogP) is 2.59. The van der Waals surface area contributed by atoms with Crippen molar-refractivity contribution in [2.75, 3.05) is 39.3 Å². The Kier molecular flexibility index (Phi) is 6.60. The average Bonchev–Trinajstić information content (AvgIpc) is 2.68. The van der Waals surface area contributed by atoms with Crippen LogP contribution in [0.15, 0.2) is 60.7 Å². The maximum atomic E-state index is 12.3. The smallest absolute Gasteiger partial charge is 0.248 e. The highest BCUT2D eigenvalue weighted by Crippen LogP contribution is 2.07. The molecule has 0 bridgehead atoms. The van der Waals surface area contributed by atoms with Crippen LogP contribution in [-0.2, 0) is 22.6 Å². The lowest BCUT2D eigenvalue weighted by atomic mass is 10.1. The van der Waals surface area contributed by atoms with E-state index in [1.165, 1.54) is 5.56 Å². The van der Waals surface area contributed by atoms with Crippen LogP contribution < -0.4 is 0 Å². The molecule has 0 unspecified atom stereocenters. The van der Waals surface area contributed by atoms with Crippen LogP contribution in [0.3, 0.4) is 0 Å². The van der Waals surface area contributed by atoms with Gasteiger partial charge in [0.05, 0.1) is 6.61 Å². The molecule has 0 spiro atoms. The van der Waals surface area contributed by atoms with E-state index in [0.29, 0.717) is 6.61 Å². The van der Waals surface area contributed by atoms with Crippen LogP contribution in [-0.4, -0.2) is 55.0 Å². The third-order valence-electron chi connectivity index (χ3n) is 4.62. The molecule has 1 fully saturated rings. The van der Waals surface area contributed by atoms with Gasteiger partial charge in [-0.3, -0.25) is 9.69 Å². The molecule has 0 N–H and O–H groups in total. The van der Waals surface area contributed by atoms with E-state index in [0.717, 1.165) is 44.7 Å². The minimum atomic E-state index is 0.0960. The summed E-state index contributed by atoms with van der Waals surface area (Å²) in [6.07, 6.45) is 1.06. The van der Waals surface area contributed by atoms with Gasteiger partial charge < -0.3 is 9.64 Å². The molecule has 2 aromatic carbocycles. The third-order valence-corrected chi connectivity index (χ3v) is 4.62. The quantitative estimate of drug-likeness (QED) is 0.778. The number of hydrogen-bond acceptors (Lipinski definition) is 3. The highest BCUT2D eigenvalue weighted by molar-refractivity contribution is 5.77. The van der Waals surface area contributed by atoms with E-state index in [-0.39, 0.29) is 12.5 Å². The van der Waals surface area contributed by atoms with Gasteiger partial charge in [0.2, 0.25) is 5.91 Å². The number of rotatable bonds is 7. The lowest BCUT2D eigenvalue weighted by Crippen LogP contribution is -2.50. The van der Waals surface area contributed by atoms with Crippen molar-refractivity contribution in [1.29, 1.82) is 0 Å². The summed E-state index contributed by atoms with van der Waals surface area (Å²) in [5, 5.41) is 0. The van der Waals surface area contributed by atoms with Gasteiger partial charge in [-0.2, -0.15) is 0 Å². The van der Waals surface area contributed by atoms with Gasteiger partial charge in [-0.15, -0.1) is 0 Å². The van der Waals surface area contributed by atoms with E-state index in [1.54, 1.807) is 0 Å². The second-order valence-electron chi connectivity index (χ2n) is 6.44. The summed E-state index contributed by atoms with van der Waals surface area (Å²) in [4.78, 5) is 16.6. The van der Waals surface area contributed by atoms with E-state index >= 15 is 0 Å². The molecule has 0 aromatic heterocycles. The molecule has 25 heavy (non-hydrogen) atoms. The largest absolute Gasteiger partial charge is 0.367 e. The zero-order chi connectivity index (χ0) is 17.3. The summed E-state index contributed by atoms with van der Waals surface area (Å²) in [6, 6.07) is 20.5. The molecular weight excluding hydrogens is 312 g/mol. The molecule has 132 valence electrons. The summed E-state index contributed by atoms with van der Waals surface area (Å²) in [5.41, 5.74) is 2.47. The number of carbonyl (C=O) groups is 1. The average molecular weight is 338 g/mol. The van der Waals surface area contributed by atoms with Gasteiger partial charge in [0.15, 0.2) is 0 Å². The standard InChI is InChI=1S/C21H26N2O2/c24-21(18-25-17-20-9-5-2-6-10-20)23-15-13-22(14-16-23)12-11-19-7-3-1-4-8-19/h1-10H,11-18H2. The number of ether oxygens (including phenoxy) is 1. The number of hydrogen-bond donors (Lipinski definition) is 0. The van der Waals surface area contributed by atoms with Crippen LogP contribution in [0.4, 0.5) is 0 Å². The Bertz CT molecular complexity index is 637. The normalized spacial score (nSPS) is 15.3. The van der Waals surface area contributed by atoms with Gasteiger partial charge in [-0.1, -0.05) is 60.7 Å². The van der Waals surface area contributed by atoms with E-state index < -0.39 is 0 Å². The molecule has 4 nitrogen and oxygen atoms in total. The van der Waals surface area contributed by atoms with Crippen LogP contribution in [0.5, 0.6) is 0 Å². The molecule has 1 heterocycles. The topological polar surface area (TPSA) is 32.8 Å². The first-order chi connectivity index (χ1) is 12.3. The minimum Gasteiger partial charge on any atom is -0.367 e. The molecular formula is C21H26N2O2. The summed E-state index contributed by atoms with van der Waals surface area (Å²) >= 11 is 0. The van der Waals surface area contributed by atoms with E-state index in [4.69, 9.17) is 4.74 Å². The first-order valence-electron chi connectivity index (χ1n) is 8.97. The van der Waals surface area contributed by atoms with Gasteiger partial charge in [0.25, 0.3) is 0 Å². The Morgan fingerprint density at radius 1 is 0.840 bits per heavy atom. The summed E-state index contributed by atoms with van der Waals surface area (Å²) in [7, 11) is 0. The van der Waals surface area contributed by atoms with Gasteiger partial charge in [-0.25, -0.2) is 0 Å². The Hall–Kier alpha value is -2.17. The Labute approximate surface area is 150 Å². The first-order valence-corrected chi connectivity index (χ1v) is 8.97. The highest BCUT2D eigenvalue weighted by atomic mass is 16.5. The molecule has 0 saturated carbocycles. The molecule has 1 aliphatic rings. The molecule has 1 saturated heterocycles. The maximum absolute atomic E-state index is 12.3. The first kappa shape index (κ1) is 17.6. The summed E-state index contributed by atoms with van der Waals surface area (Å²) in [5.74, 6) is 0.0960. The zero-order valence-electron chi connectivity index (χ0n) is 14.6. The molecule has 0 atom stereocenters. The van der Waals surface area contributed by atoms with Crippen molar-refractivity contribution in [1.82, 2.24) is 9.80 Å². The van der Waals surface area contributed by atoms with Crippen molar-refractivity contribution >= 4 is 5.91 Å². The molecule has 2 aromatic rings. The van der Waals surface area contributed by atoms with E-state index in [2.05, 4.69) is 29.2 Å². The molecule has 3 rings (SSSR count). The second kappa shape index (κ2) is 9.35. The Morgan fingerprint density at radius 3 is 2.08 bits per heavy atom. The Balaban J connectivity index is 1.33. The Morgan fingerprint density at radius 2 is 1.44 bits per heavy atom. The van der Waals surface area contributed by atoms with Crippen molar-refractivity contribution < 1.29 is 9.53 Å². The van der Waals surface area contributed by atoms with Crippen molar-refractivity contribution in [3.63, 3.8) is 0 Å². The molecule has 1 amide bonds. The van der Waals surface area contributed by atoms with Gasteiger partial charge >= 0.3 is 0 Å². The predicted molar refractivity (Wildman–Crippen MR) is 99.3 cm³/mol. The highest BCUT2D eigenvalue weighted by Gasteiger charge is 2.20. The number of amides is 1. The lowest BCUT2D eigenvalue weighted by Gasteiger charge is -2.34.